The van der Waals surface area contributed by atoms with Crippen LogP contribution in [0.2, 0.25) is 0 Å². The highest BCUT2D eigenvalue weighted by Gasteiger charge is 2.19. The molecular formula is C46H26N4OS2. The second kappa shape index (κ2) is 12.0. The lowest BCUT2D eigenvalue weighted by atomic mass is 10.0. The standard InChI is InChI=1S/C46H26N4OS2/c1-3-10-27(11-4-1)28-18-20-30(21-19-28)46-47-36-26-40-35(25-41(36)53-46)42-34(15-9-17-39(42)52-40)45-49-43(29-12-5-2-6-13-29)48-44(50-45)31-22-23-33-32-14-7-8-16-37(32)51-38(33)24-31/h1-26H. The van der Waals surface area contributed by atoms with E-state index < -0.39 is 0 Å². The molecular weight excluding hydrogens is 689 g/mol. The average Bonchev–Trinajstić information content (AvgIpc) is 3.93. The first kappa shape index (κ1) is 30.1. The lowest BCUT2D eigenvalue weighted by Crippen LogP contribution is -2.00. The van der Waals surface area contributed by atoms with Crippen molar-refractivity contribution in [1.82, 2.24) is 19.9 Å². The SMILES string of the molecule is c1ccc(-c2ccc(-c3nc4cc5sc6cccc(-c7nc(-c8ccccc8)nc(-c8ccc9c(c8)oc8ccccc89)n7)c6c5cc4s3)cc2)cc1. The molecule has 0 bridgehead atoms. The van der Waals surface area contributed by atoms with Gasteiger partial charge in [-0.2, -0.15) is 0 Å². The summed E-state index contributed by atoms with van der Waals surface area (Å²) in [6.07, 6.45) is 0. The van der Waals surface area contributed by atoms with Crippen molar-refractivity contribution in [1.29, 1.82) is 0 Å². The summed E-state index contributed by atoms with van der Waals surface area (Å²) in [5.41, 5.74) is 8.97. The summed E-state index contributed by atoms with van der Waals surface area (Å²) in [7, 11) is 0. The van der Waals surface area contributed by atoms with E-state index in [9.17, 15) is 0 Å². The van der Waals surface area contributed by atoms with Gasteiger partial charge in [-0.25, -0.2) is 19.9 Å². The molecule has 11 rings (SSSR count). The smallest absolute Gasteiger partial charge is 0.164 e. The molecule has 248 valence electrons. The molecule has 4 heterocycles. The molecule has 7 heteroatoms. The summed E-state index contributed by atoms with van der Waals surface area (Å²) >= 11 is 3.50. The molecule has 53 heavy (non-hydrogen) atoms. The van der Waals surface area contributed by atoms with Crippen molar-refractivity contribution in [3.05, 3.63) is 158 Å². The summed E-state index contributed by atoms with van der Waals surface area (Å²) < 4.78 is 9.77. The van der Waals surface area contributed by atoms with Crippen LogP contribution in [0, 0.1) is 0 Å². The zero-order valence-electron chi connectivity index (χ0n) is 28.0. The van der Waals surface area contributed by atoms with Crippen molar-refractivity contribution in [2.24, 2.45) is 0 Å². The number of fused-ring (bicyclic) bond motifs is 7. The normalized spacial score (nSPS) is 11.8. The molecule has 0 fully saturated rings. The fourth-order valence-electron chi connectivity index (χ4n) is 7.20. The third-order valence-corrected chi connectivity index (χ3v) is 12.0. The number of thiophene rings is 1. The zero-order valence-corrected chi connectivity index (χ0v) is 29.7. The molecule has 0 saturated carbocycles. The Balaban J connectivity index is 1.05. The summed E-state index contributed by atoms with van der Waals surface area (Å²) in [4.78, 5) is 20.4. The minimum Gasteiger partial charge on any atom is -0.456 e. The van der Waals surface area contributed by atoms with Gasteiger partial charge >= 0.3 is 0 Å². The molecule has 5 nitrogen and oxygen atoms in total. The summed E-state index contributed by atoms with van der Waals surface area (Å²) in [6.45, 7) is 0. The molecule has 7 aromatic carbocycles. The van der Waals surface area contributed by atoms with E-state index >= 15 is 0 Å². The highest BCUT2D eigenvalue weighted by atomic mass is 32.1. The molecule has 0 unspecified atom stereocenters. The van der Waals surface area contributed by atoms with E-state index in [0.717, 1.165) is 64.8 Å². The van der Waals surface area contributed by atoms with Gasteiger partial charge in [-0.15, -0.1) is 22.7 Å². The van der Waals surface area contributed by atoms with Crippen LogP contribution in [-0.2, 0) is 0 Å². The van der Waals surface area contributed by atoms with Crippen molar-refractivity contribution in [3.63, 3.8) is 0 Å². The van der Waals surface area contributed by atoms with Crippen molar-refractivity contribution < 1.29 is 4.42 Å². The van der Waals surface area contributed by atoms with E-state index in [1.807, 2.05) is 60.7 Å². The maximum atomic E-state index is 6.25. The van der Waals surface area contributed by atoms with Gasteiger partial charge in [-0.3, -0.25) is 0 Å². The van der Waals surface area contributed by atoms with Gasteiger partial charge in [-0.1, -0.05) is 121 Å². The Bertz CT molecular complexity index is 3160. The van der Waals surface area contributed by atoms with Crippen molar-refractivity contribution in [2.75, 3.05) is 0 Å². The summed E-state index contributed by atoms with van der Waals surface area (Å²) in [5.74, 6) is 1.85. The van der Waals surface area contributed by atoms with Crippen LogP contribution < -0.4 is 0 Å². The number of benzene rings is 7. The fourth-order valence-corrected chi connectivity index (χ4v) is 9.34. The molecule has 0 aliphatic heterocycles. The van der Waals surface area contributed by atoms with Crippen LogP contribution in [0.15, 0.2) is 162 Å². The molecule has 0 saturated heterocycles. The Morgan fingerprint density at radius 3 is 1.87 bits per heavy atom. The first-order valence-corrected chi connectivity index (χ1v) is 19.0. The van der Waals surface area contributed by atoms with Crippen LogP contribution >= 0.6 is 22.7 Å². The van der Waals surface area contributed by atoms with Crippen LogP contribution in [0.25, 0.3) is 108 Å². The lowest BCUT2D eigenvalue weighted by molar-refractivity contribution is 0.669. The van der Waals surface area contributed by atoms with Crippen molar-refractivity contribution in [2.45, 2.75) is 0 Å². The first-order valence-electron chi connectivity index (χ1n) is 17.4. The number of furan rings is 1. The van der Waals surface area contributed by atoms with Crippen LogP contribution in [-0.4, -0.2) is 19.9 Å². The molecule has 0 aliphatic rings. The largest absolute Gasteiger partial charge is 0.456 e. The third kappa shape index (κ3) is 5.12. The van der Waals surface area contributed by atoms with E-state index in [1.54, 1.807) is 22.7 Å². The Labute approximate surface area is 311 Å². The quantitative estimate of drug-likeness (QED) is 0.178. The monoisotopic (exact) mass is 714 g/mol. The molecule has 0 radical (unpaired) electrons. The maximum Gasteiger partial charge on any atom is 0.164 e. The topological polar surface area (TPSA) is 64.7 Å². The van der Waals surface area contributed by atoms with Crippen LogP contribution in [0.4, 0.5) is 0 Å². The Morgan fingerprint density at radius 2 is 1.04 bits per heavy atom. The number of hydrogen-bond donors (Lipinski definition) is 0. The predicted molar refractivity (Wildman–Crippen MR) is 220 cm³/mol. The van der Waals surface area contributed by atoms with Crippen molar-refractivity contribution in [3.8, 4) is 55.9 Å². The number of rotatable bonds is 5. The summed E-state index contributed by atoms with van der Waals surface area (Å²) in [5, 5.41) is 5.49. The minimum atomic E-state index is 0.598. The van der Waals surface area contributed by atoms with Crippen molar-refractivity contribution >= 4 is 75.0 Å². The minimum absolute atomic E-state index is 0.598. The second-order valence-electron chi connectivity index (χ2n) is 13.0. The van der Waals surface area contributed by atoms with E-state index in [-0.39, 0.29) is 0 Å². The highest BCUT2D eigenvalue weighted by molar-refractivity contribution is 7.26. The van der Waals surface area contributed by atoms with Crippen LogP contribution in [0.5, 0.6) is 0 Å². The molecule has 0 amide bonds. The molecule has 4 aromatic heterocycles. The van der Waals surface area contributed by atoms with E-state index in [1.165, 1.54) is 25.9 Å². The first-order chi connectivity index (χ1) is 26.2. The highest BCUT2D eigenvalue weighted by Crippen LogP contribution is 2.43. The Hall–Kier alpha value is -6.54. The van der Waals surface area contributed by atoms with Gasteiger partial charge < -0.3 is 4.42 Å². The van der Waals surface area contributed by atoms with Gasteiger partial charge in [0.2, 0.25) is 0 Å². The Morgan fingerprint density at radius 1 is 0.377 bits per heavy atom. The van der Waals surface area contributed by atoms with E-state index in [2.05, 4.69) is 97.1 Å². The lowest BCUT2D eigenvalue weighted by Gasteiger charge is -2.09. The van der Waals surface area contributed by atoms with Crippen LogP contribution in [0.3, 0.4) is 0 Å². The number of thiazole rings is 1. The maximum absolute atomic E-state index is 6.25. The van der Waals surface area contributed by atoms with Gasteiger partial charge in [0.15, 0.2) is 17.5 Å². The molecule has 0 atom stereocenters. The molecule has 0 spiro atoms. The van der Waals surface area contributed by atoms with Crippen LogP contribution in [0.1, 0.15) is 0 Å². The number of para-hydroxylation sites is 1. The van der Waals surface area contributed by atoms with Gasteiger partial charge in [0.25, 0.3) is 0 Å². The molecule has 11 aromatic rings. The zero-order chi connectivity index (χ0) is 34.9. The van der Waals surface area contributed by atoms with E-state index in [4.69, 9.17) is 24.4 Å². The third-order valence-electron chi connectivity index (χ3n) is 9.79. The second-order valence-corrected chi connectivity index (χ2v) is 15.2. The fraction of sp³-hybridized carbons (Fsp3) is 0. The number of hydrogen-bond acceptors (Lipinski definition) is 7. The van der Waals surface area contributed by atoms with Gasteiger partial charge in [0, 0.05) is 53.2 Å². The average molecular weight is 715 g/mol. The Kier molecular flexibility index (Phi) is 6.83. The molecule has 0 aliphatic carbocycles. The summed E-state index contributed by atoms with van der Waals surface area (Å²) in [6, 6.07) is 54.5. The van der Waals surface area contributed by atoms with Gasteiger partial charge in [0.1, 0.15) is 16.2 Å². The molecule has 0 N–H and O–H groups in total. The van der Waals surface area contributed by atoms with Gasteiger partial charge in [0.05, 0.1) is 10.2 Å². The van der Waals surface area contributed by atoms with Gasteiger partial charge in [-0.05, 0) is 47.5 Å². The predicted octanol–water partition coefficient (Wildman–Crippen LogP) is 13.1. The van der Waals surface area contributed by atoms with E-state index in [0.29, 0.717) is 17.5 Å². The number of aromatic nitrogens is 4. The number of nitrogens with zero attached hydrogens (tertiary/aromatic N) is 4.